The van der Waals surface area contributed by atoms with Gasteiger partial charge in [-0.15, -0.1) is 22.0 Å². The Bertz CT molecular complexity index is 939. The molecule has 0 radical (unpaired) electrons. The number of sulfonamides is 1. The van der Waals surface area contributed by atoms with Crippen molar-refractivity contribution < 1.29 is 8.42 Å². The van der Waals surface area contributed by atoms with Crippen molar-refractivity contribution >= 4 is 21.8 Å². The third kappa shape index (κ3) is 4.72. The largest absolute Gasteiger partial charge is 0.316 e. The summed E-state index contributed by atoms with van der Waals surface area (Å²) in [5, 5.41) is 7.94. The van der Waals surface area contributed by atoms with Gasteiger partial charge in [-0.2, -0.15) is 0 Å². The Hall–Kier alpha value is -2.16. The fourth-order valence-corrected chi connectivity index (χ4v) is 3.88. The fraction of sp³-hybridized carbons (Fsp3) is 0.222. The van der Waals surface area contributed by atoms with Crippen LogP contribution in [-0.2, 0) is 29.5 Å². The highest BCUT2D eigenvalue weighted by molar-refractivity contribution is 7.98. The summed E-state index contributed by atoms with van der Waals surface area (Å²) >= 11 is 1.57. The zero-order valence-electron chi connectivity index (χ0n) is 14.4. The van der Waals surface area contributed by atoms with E-state index >= 15 is 0 Å². The molecule has 3 aromatic rings. The molecule has 0 unspecified atom stereocenters. The van der Waals surface area contributed by atoms with E-state index in [-0.39, 0.29) is 11.4 Å². The third-order valence-electron chi connectivity index (χ3n) is 3.97. The number of rotatable bonds is 8. The van der Waals surface area contributed by atoms with Crippen LogP contribution in [0, 0.1) is 0 Å². The number of hydrogen-bond acceptors (Lipinski definition) is 5. The van der Waals surface area contributed by atoms with Gasteiger partial charge >= 0.3 is 0 Å². The molecule has 2 aromatic carbocycles. The molecule has 0 aliphatic heterocycles. The van der Waals surface area contributed by atoms with Crippen LogP contribution in [-0.4, -0.2) is 29.4 Å². The van der Waals surface area contributed by atoms with Gasteiger partial charge in [0.2, 0.25) is 10.0 Å². The van der Waals surface area contributed by atoms with E-state index in [9.17, 15) is 8.42 Å². The van der Waals surface area contributed by atoms with Crippen LogP contribution in [0.15, 0.2) is 70.7 Å². The Kier molecular flexibility index (Phi) is 6.08. The van der Waals surface area contributed by atoms with E-state index < -0.39 is 10.0 Å². The van der Waals surface area contributed by atoms with Gasteiger partial charge in [-0.1, -0.05) is 30.3 Å². The molecule has 0 aliphatic rings. The molecule has 8 heteroatoms. The number of benzene rings is 2. The lowest BCUT2D eigenvalue weighted by Gasteiger charge is -2.09. The number of aryl methyl sites for hydroxylation is 2. The molecular formula is C18H20N4O2S2. The Morgan fingerprint density at radius 2 is 1.81 bits per heavy atom. The van der Waals surface area contributed by atoms with E-state index in [1.165, 1.54) is 5.56 Å². The number of thioether (sulfide) groups is 1. The maximum absolute atomic E-state index is 12.4. The van der Waals surface area contributed by atoms with Crippen molar-refractivity contribution in [2.75, 3.05) is 6.26 Å². The Balaban J connectivity index is 1.63. The summed E-state index contributed by atoms with van der Waals surface area (Å²) in [4.78, 5) is 1.26. The normalized spacial score (nSPS) is 11.6. The molecule has 0 saturated carbocycles. The second-order valence-electron chi connectivity index (χ2n) is 5.68. The van der Waals surface area contributed by atoms with Crippen LogP contribution in [0.5, 0.6) is 0 Å². The van der Waals surface area contributed by atoms with Gasteiger partial charge in [0.1, 0.15) is 12.2 Å². The predicted molar refractivity (Wildman–Crippen MR) is 102 cm³/mol. The zero-order chi connectivity index (χ0) is 18.4. The van der Waals surface area contributed by atoms with Crippen molar-refractivity contribution in [1.82, 2.24) is 19.5 Å². The van der Waals surface area contributed by atoms with Crippen LogP contribution >= 0.6 is 11.8 Å². The first-order valence-corrected chi connectivity index (χ1v) is 10.8. The summed E-state index contributed by atoms with van der Waals surface area (Å²) in [7, 11) is -3.59. The summed E-state index contributed by atoms with van der Waals surface area (Å²) in [6.45, 7) is 0.790. The highest BCUT2D eigenvalue weighted by Crippen LogP contribution is 2.17. The maximum Gasteiger partial charge on any atom is 0.240 e. The van der Waals surface area contributed by atoms with Crippen LogP contribution in [0.2, 0.25) is 0 Å². The molecule has 3 rings (SSSR count). The van der Waals surface area contributed by atoms with Crippen LogP contribution in [0.4, 0.5) is 0 Å². The first-order valence-electron chi connectivity index (χ1n) is 8.13. The molecule has 0 fully saturated rings. The zero-order valence-corrected chi connectivity index (χ0v) is 16.0. The van der Waals surface area contributed by atoms with Crippen LogP contribution in [0.25, 0.3) is 0 Å². The number of nitrogens with one attached hydrogen (secondary N) is 1. The molecule has 1 N–H and O–H groups in total. The lowest BCUT2D eigenvalue weighted by atomic mass is 10.1. The van der Waals surface area contributed by atoms with Crippen LogP contribution < -0.4 is 4.72 Å². The maximum atomic E-state index is 12.4. The van der Waals surface area contributed by atoms with Gasteiger partial charge in [0, 0.05) is 11.4 Å². The van der Waals surface area contributed by atoms with E-state index in [4.69, 9.17) is 0 Å². The van der Waals surface area contributed by atoms with E-state index in [2.05, 4.69) is 27.1 Å². The monoisotopic (exact) mass is 388 g/mol. The van der Waals surface area contributed by atoms with E-state index in [1.807, 2.05) is 29.0 Å². The van der Waals surface area contributed by atoms with Crippen molar-refractivity contribution in [2.45, 2.75) is 29.3 Å². The Labute approximate surface area is 157 Å². The molecule has 0 aliphatic carbocycles. The predicted octanol–water partition coefficient (Wildman–Crippen LogP) is 2.72. The van der Waals surface area contributed by atoms with Gasteiger partial charge in [-0.25, -0.2) is 13.1 Å². The second-order valence-corrected chi connectivity index (χ2v) is 8.32. The second kappa shape index (κ2) is 8.48. The summed E-state index contributed by atoms with van der Waals surface area (Å²) in [6.07, 6.45) is 4.40. The van der Waals surface area contributed by atoms with Gasteiger partial charge in [0.25, 0.3) is 0 Å². The average molecular weight is 389 g/mol. The van der Waals surface area contributed by atoms with Gasteiger partial charge in [-0.05, 0) is 42.5 Å². The third-order valence-corrected chi connectivity index (χ3v) is 6.13. The molecule has 1 heterocycles. The van der Waals surface area contributed by atoms with Crippen molar-refractivity contribution in [2.24, 2.45) is 0 Å². The standard InChI is InChI=1S/C18H20N4O2S2/c1-25-16-7-9-17(10-8-16)26(23,24)20-13-18-21-19-14-22(18)12-11-15-5-3-2-4-6-15/h2-10,14,20H,11-13H2,1H3. The lowest BCUT2D eigenvalue weighted by Crippen LogP contribution is -2.25. The average Bonchev–Trinajstić information content (AvgIpc) is 3.13. The van der Waals surface area contributed by atoms with Crippen LogP contribution in [0.3, 0.4) is 0 Å². The van der Waals surface area contributed by atoms with E-state index in [1.54, 1.807) is 42.4 Å². The highest BCUT2D eigenvalue weighted by Gasteiger charge is 2.15. The van der Waals surface area contributed by atoms with E-state index in [0.717, 1.165) is 11.3 Å². The first kappa shape index (κ1) is 18.6. The van der Waals surface area contributed by atoms with Crippen molar-refractivity contribution in [3.63, 3.8) is 0 Å². The van der Waals surface area contributed by atoms with Gasteiger partial charge < -0.3 is 4.57 Å². The Morgan fingerprint density at radius 1 is 1.08 bits per heavy atom. The van der Waals surface area contributed by atoms with Crippen LogP contribution in [0.1, 0.15) is 11.4 Å². The summed E-state index contributed by atoms with van der Waals surface area (Å²) in [5.41, 5.74) is 1.21. The molecular weight excluding hydrogens is 368 g/mol. The molecule has 0 atom stereocenters. The van der Waals surface area contributed by atoms with Gasteiger partial charge in [0.15, 0.2) is 0 Å². The van der Waals surface area contributed by atoms with Crippen molar-refractivity contribution in [3.8, 4) is 0 Å². The molecule has 136 valence electrons. The molecule has 1 aromatic heterocycles. The highest BCUT2D eigenvalue weighted by atomic mass is 32.2. The van der Waals surface area contributed by atoms with E-state index in [0.29, 0.717) is 12.4 Å². The number of aromatic nitrogens is 3. The minimum Gasteiger partial charge on any atom is -0.316 e. The molecule has 0 saturated heterocycles. The summed E-state index contributed by atoms with van der Waals surface area (Å²) < 4.78 is 29.3. The molecule has 6 nitrogen and oxygen atoms in total. The summed E-state index contributed by atoms with van der Waals surface area (Å²) in [5.74, 6) is 0.588. The SMILES string of the molecule is CSc1ccc(S(=O)(=O)NCc2nncn2CCc2ccccc2)cc1. The first-order chi connectivity index (χ1) is 12.6. The fourth-order valence-electron chi connectivity index (χ4n) is 2.49. The Morgan fingerprint density at radius 3 is 2.50 bits per heavy atom. The van der Waals surface area contributed by atoms with Crippen molar-refractivity contribution in [1.29, 1.82) is 0 Å². The molecule has 26 heavy (non-hydrogen) atoms. The minimum absolute atomic E-state index is 0.0986. The molecule has 0 spiro atoms. The van der Waals surface area contributed by atoms with Gasteiger partial charge in [0.05, 0.1) is 11.4 Å². The summed E-state index contributed by atoms with van der Waals surface area (Å²) in [6, 6.07) is 16.9. The quantitative estimate of drug-likeness (QED) is 0.601. The van der Waals surface area contributed by atoms with Crippen molar-refractivity contribution in [3.05, 3.63) is 72.3 Å². The molecule has 0 amide bonds. The number of nitrogens with zero attached hydrogens (tertiary/aromatic N) is 3. The number of hydrogen-bond donors (Lipinski definition) is 1. The smallest absolute Gasteiger partial charge is 0.240 e. The topological polar surface area (TPSA) is 76.9 Å². The molecule has 0 bridgehead atoms. The van der Waals surface area contributed by atoms with Gasteiger partial charge in [-0.3, -0.25) is 0 Å². The minimum atomic E-state index is -3.59. The lowest BCUT2D eigenvalue weighted by molar-refractivity contribution is 0.573.